The number of carbonyl (C=O) groups excluding carboxylic acids is 1. The number of hydrogen-bond donors (Lipinski definition) is 1. The van der Waals surface area contributed by atoms with E-state index in [2.05, 4.69) is 20.3 Å². The Morgan fingerprint density at radius 3 is 2.55 bits per heavy atom. The van der Waals surface area contributed by atoms with Crippen molar-refractivity contribution in [3.63, 3.8) is 0 Å². The number of amides is 1. The smallest absolute Gasteiger partial charge is 0.227 e. The Morgan fingerprint density at radius 1 is 1.10 bits per heavy atom. The van der Waals surface area contributed by atoms with Crippen molar-refractivity contribution < 1.29 is 9.53 Å². The molecule has 1 amide bonds. The molecule has 1 aromatic carbocycles. The van der Waals surface area contributed by atoms with Crippen LogP contribution in [0.3, 0.4) is 0 Å². The first-order valence-electron chi connectivity index (χ1n) is 10.0. The van der Waals surface area contributed by atoms with Crippen LogP contribution in [0.5, 0.6) is 11.6 Å². The van der Waals surface area contributed by atoms with E-state index in [4.69, 9.17) is 4.74 Å². The normalized spacial score (nSPS) is 14.6. The average molecular weight is 391 g/mol. The maximum Gasteiger partial charge on any atom is 0.227 e. The van der Waals surface area contributed by atoms with Gasteiger partial charge in [-0.2, -0.15) is 4.98 Å². The SMILES string of the molecule is Cc1nc(Oc2ccc(NC(=O)C3CCCCC3)cc2)cc(-n2ccnc2C)n1. The molecule has 4 rings (SSSR count). The van der Waals surface area contributed by atoms with Crippen LogP contribution in [0.25, 0.3) is 5.82 Å². The second-order valence-corrected chi connectivity index (χ2v) is 7.41. The standard InChI is InChI=1S/C22H25N5O2/c1-15-24-20(27-13-12-23-16(27)2)14-21(25-15)29-19-10-8-18(9-11-19)26-22(28)17-6-4-3-5-7-17/h8-14,17H,3-7H2,1-2H3,(H,26,28). The van der Waals surface area contributed by atoms with Crippen LogP contribution < -0.4 is 10.1 Å². The van der Waals surface area contributed by atoms with Gasteiger partial charge in [0.25, 0.3) is 0 Å². The van der Waals surface area contributed by atoms with Crippen molar-refractivity contribution in [3.05, 3.63) is 54.4 Å². The number of anilines is 1. The van der Waals surface area contributed by atoms with Gasteiger partial charge in [-0.15, -0.1) is 0 Å². The van der Waals surface area contributed by atoms with Gasteiger partial charge < -0.3 is 10.1 Å². The molecule has 3 aromatic rings. The molecule has 1 aliphatic rings. The van der Waals surface area contributed by atoms with Crippen molar-refractivity contribution in [1.29, 1.82) is 0 Å². The highest BCUT2D eigenvalue weighted by molar-refractivity contribution is 5.92. The van der Waals surface area contributed by atoms with Crippen LogP contribution in [0.2, 0.25) is 0 Å². The highest BCUT2D eigenvalue weighted by Crippen LogP contribution is 2.26. The van der Waals surface area contributed by atoms with E-state index in [0.717, 1.165) is 37.2 Å². The average Bonchev–Trinajstić information content (AvgIpc) is 3.16. The summed E-state index contributed by atoms with van der Waals surface area (Å²) in [5, 5.41) is 3.02. The molecule has 0 aliphatic heterocycles. The van der Waals surface area contributed by atoms with Crippen molar-refractivity contribution in [2.45, 2.75) is 46.0 Å². The van der Waals surface area contributed by atoms with Crippen LogP contribution in [0.15, 0.2) is 42.7 Å². The summed E-state index contributed by atoms with van der Waals surface area (Å²) < 4.78 is 7.80. The number of carbonyl (C=O) groups is 1. The van der Waals surface area contributed by atoms with E-state index in [-0.39, 0.29) is 11.8 Å². The highest BCUT2D eigenvalue weighted by atomic mass is 16.5. The maximum absolute atomic E-state index is 12.4. The number of nitrogens with zero attached hydrogens (tertiary/aromatic N) is 4. The molecule has 0 unspecified atom stereocenters. The Labute approximate surface area is 170 Å². The summed E-state index contributed by atoms with van der Waals surface area (Å²) in [5.41, 5.74) is 0.779. The van der Waals surface area contributed by atoms with Crippen molar-refractivity contribution in [2.75, 3.05) is 5.32 Å². The number of imidazole rings is 1. The molecule has 2 heterocycles. The minimum Gasteiger partial charge on any atom is -0.439 e. The predicted octanol–water partition coefficient (Wildman–Crippen LogP) is 4.59. The van der Waals surface area contributed by atoms with Crippen LogP contribution in [0, 0.1) is 19.8 Å². The molecule has 7 heteroatoms. The number of benzene rings is 1. The third-order valence-electron chi connectivity index (χ3n) is 5.19. The van der Waals surface area contributed by atoms with Crippen molar-refractivity contribution in [2.24, 2.45) is 5.92 Å². The Morgan fingerprint density at radius 2 is 1.86 bits per heavy atom. The first-order valence-corrected chi connectivity index (χ1v) is 10.0. The van der Waals surface area contributed by atoms with Crippen LogP contribution in [0.4, 0.5) is 5.69 Å². The van der Waals surface area contributed by atoms with Gasteiger partial charge in [-0.3, -0.25) is 9.36 Å². The molecule has 1 fully saturated rings. The molecule has 1 N–H and O–H groups in total. The zero-order chi connectivity index (χ0) is 20.2. The summed E-state index contributed by atoms with van der Waals surface area (Å²) in [6.45, 7) is 3.74. The fourth-order valence-corrected chi connectivity index (χ4v) is 3.66. The van der Waals surface area contributed by atoms with Gasteiger partial charge in [0, 0.05) is 30.1 Å². The third kappa shape index (κ3) is 4.62. The molecule has 0 spiro atoms. The van der Waals surface area contributed by atoms with E-state index in [9.17, 15) is 4.79 Å². The van der Waals surface area contributed by atoms with Crippen molar-refractivity contribution >= 4 is 11.6 Å². The van der Waals surface area contributed by atoms with E-state index in [1.165, 1.54) is 6.42 Å². The van der Waals surface area contributed by atoms with Crippen LogP contribution in [-0.2, 0) is 4.79 Å². The molecule has 0 atom stereocenters. The van der Waals surface area contributed by atoms with Crippen LogP contribution in [0.1, 0.15) is 43.8 Å². The first-order chi connectivity index (χ1) is 14.1. The highest BCUT2D eigenvalue weighted by Gasteiger charge is 2.21. The number of ether oxygens (including phenoxy) is 1. The first kappa shape index (κ1) is 19.1. The van der Waals surface area contributed by atoms with Gasteiger partial charge in [0.15, 0.2) is 0 Å². The second-order valence-electron chi connectivity index (χ2n) is 7.41. The molecule has 150 valence electrons. The summed E-state index contributed by atoms with van der Waals surface area (Å²) in [6.07, 6.45) is 9.07. The molecular weight excluding hydrogens is 366 g/mol. The third-order valence-corrected chi connectivity index (χ3v) is 5.19. The van der Waals surface area contributed by atoms with E-state index < -0.39 is 0 Å². The topological polar surface area (TPSA) is 81.9 Å². The molecule has 7 nitrogen and oxygen atoms in total. The van der Waals surface area contributed by atoms with Gasteiger partial charge in [0.2, 0.25) is 11.8 Å². The predicted molar refractivity (Wildman–Crippen MR) is 110 cm³/mol. The summed E-state index contributed by atoms with van der Waals surface area (Å²) >= 11 is 0. The fraction of sp³-hybridized carbons (Fsp3) is 0.364. The van der Waals surface area contributed by atoms with E-state index in [1.54, 1.807) is 12.3 Å². The molecule has 0 saturated heterocycles. The van der Waals surface area contributed by atoms with E-state index >= 15 is 0 Å². The molecule has 0 radical (unpaired) electrons. The van der Waals surface area contributed by atoms with Crippen molar-refractivity contribution in [3.8, 4) is 17.4 Å². The largest absolute Gasteiger partial charge is 0.439 e. The quantitative estimate of drug-likeness (QED) is 0.688. The molecule has 29 heavy (non-hydrogen) atoms. The lowest BCUT2D eigenvalue weighted by molar-refractivity contribution is -0.120. The fourth-order valence-electron chi connectivity index (χ4n) is 3.66. The summed E-state index contributed by atoms with van der Waals surface area (Å²) in [4.78, 5) is 25.4. The second kappa shape index (κ2) is 8.43. The molecule has 2 aromatic heterocycles. The maximum atomic E-state index is 12.4. The Balaban J connectivity index is 1.44. The van der Waals surface area contributed by atoms with Crippen LogP contribution >= 0.6 is 0 Å². The number of rotatable bonds is 5. The summed E-state index contributed by atoms with van der Waals surface area (Å²) in [5.74, 6) is 3.51. The summed E-state index contributed by atoms with van der Waals surface area (Å²) in [7, 11) is 0. The number of hydrogen-bond acceptors (Lipinski definition) is 5. The van der Waals surface area contributed by atoms with Gasteiger partial charge in [-0.25, -0.2) is 9.97 Å². The Kier molecular flexibility index (Phi) is 5.55. The van der Waals surface area contributed by atoms with Crippen molar-refractivity contribution in [1.82, 2.24) is 19.5 Å². The molecule has 0 bridgehead atoms. The number of nitrogens with one attached hydrogen (secondary N) is 1. The van der Waals surface area contributed by atoms with Gasteiger partial charge in [-0.1, -0.05) is 19.3 Å². The lowest BCUT2D eigenvalue weighted by Gasteiger charge is -2.20. The summed E-state index contributed by atoms with van der Waals surface area (Å²) in [6, 6.07) is 9.14. The van der Waals surface area contributed by atoms with Gasteiger partial charge >= 0.3 is 0 Å². The molecule has 1 saturated carbocycles. The number of aryl methyl sites for hydroxylation is 2. The number of aromatic nitrogens is 4. The zero-order valence-corrected chi connectivity index (χ0v) is 16.8. The lowest BCUT2D eigenvalue weighted by Crippen LogP contribution is -2.24. The Hall–Kier alpha value is -3.22. The van der Waals surface area contributed by atoms with Gasteiger partial charge in [0.05, 0.1) is 0 Å². The Bertz CT molecular complexity index is 991. The monoisotopic (exact) mass is 391 g/mol. The van der Waals surface area contributed by atoms with Gasteiger partial charge in [0.1, 0.15) is 23.2 Å². The van der Waals surface area contributed by atoms with Gasteiger partial charge in [-0.05, 0) is 51.0 Å². The zero-order valence-electron chi connectivity index (χ0n) is 16.8. The minimum absolute atomic E-state index is 0.116. The lowest BCUT2D eigenvalue weighted by atomic mass is 9.88. The van der Waals surface area contributed by atoms with Crippen LogP contribution in [-0.4, -0.2) is 25.4 Å². The minimum atomic E-state index is 0.116. The molecule has 1 aliphatic carbocycles. The molecular formula is C22H25N5O2. The van der Waals surface area contributed by atoms with E-state index in [1.807, 2.05) is 48.9 Å². The van der Waals surface area contributed by atoms with E-state index in [0.29, 0.717) is 23.3 Å².